The molecule has 0 atom stereocenters. The molecule has 0 unspecified atom stereocenters. The molecule has 0 spiro atoms. The second-order valence-corrected chi connectivity index (χ2v) is 7.29. The zero-order chi connectivity index (χ0) is 14.9. The molecule has 106 valence electrons. The topological polar surface area (TPSA) is 30.0 Å². The van der Waals surface area contributed by atoms with E-state index in [1.807, 2.05) is 18.4 Å². The van der Waals surface area contributed by atoms with Crippen molar-refractivity contribution in [3.8, 4) is 0 Å². The van der Waals surface area contributed by atoms with Crippen molar-refractivity contribution in [3.63, 3.8) is 0 Å². The van der Waals surface area contributed by atoms with Gasteiger partial charge in [0.05, 0.1) is 12.1 Å². The van der Waals surface area contributed by atoms with Crippen LogP contribution in [0.3, 0.4) is 0 Å². The molecule has 2 nitrogen and oxygen atoms in total. The monoisotopic (exact) mass is 307 g/mol. The third-order valence-electron chi connectivity index (χ3n) is 3.11. The summed E-state index contributed by atoms with van der Waals surface area (Å²) in [6.07, 6.45) is 0.349. The number of Topliss-reactive ketones (excluding diaryl/α,β-unsaturated/α-hetero) is 1. The van der Waals surface area contributed by atoms with E-state index in [-0.39, 0.29) is 11.2 Å². The predicted octanol–water partition coefficient (Wildman–Crippen LogP) is 4.83. The van der Waals surface area contributed by atoms with E-state index in [0.29, 0.717) is 17.0 Å². The van der Waals surface area contributed by atoms with Crippen LogP contribution in [0.25, 0.3) is 0 Å². The molecule has 4 heteroatoms. The Morgan fingerprint density at radius 3 is 2.60 bits per heavy atom. The van der Waals surface area contributed by atoms with Crippen molar-refractivity contribution in [1.29, 1.82) is 0 Å². The lowest BCUT2D eigenvalue weighted by atomic mass is 9.93. The Morgan fingerprint density at radius 2 is 2.05 bits per heavy atom. The molecular weight excluding hydrogens is 290 g/mol. The van der Waals surface area contributed by atoms with Gasteiger partial charge in [-0.25, -0.2) is 4.98 Å². The molecule has 2 rings (SSSR count). The molecule has 0 saturated heterocycles. The second-order valence-electron chi connectivity index (χ2n) is 5.94. The molecule has 1 aromatic carbocycles. The van der Waals surface area contributed by atoms with Crippen molar-refractivity contribution in [1.82, 2.24) is 4.98 Å². The van der Waals surface area contributed by atoms with Gasteiger partial charge in [-0.3, -0.25) is 4.79 Å². The summed E-state index contributed by atoms with van der Waals surface area (Å²) in [5, 5.41) is 3.59. The van der Waals surface area contributed by atoms with Gasteiger partial charge in [0.25, 0.3) is 0 Å². The molecule has 1 heterocycles. The Kier molecular flexibility index (Phi) is 4.31. The van der Waals surface area contributed by atoms with E-state index in [2.05, 4.69) is 25.8 Å². The summed E-state index contributed by atoms with van der Waals surface area (Å²) >= 11 is 7.53. The van der Waals surface area contributed by atoms with Gasteiger partial charge in [0.15, 0.2) is 5.78 Å². The molecule has 20 heavy (non-hydrogen) atoms. The summed E-state index contributed by atoms with van der Waals surface area (Å²) in [6, 6.07) is 5.38. The smallest absolute Gasteiger partial charge is 0.169 e. The van der Waals surface area contributed by atoms with Gasteiger partial charge in [-0.1, -0.05) is 32.4 Å². The van der Waals surface area contributed by atoms with Crippen molar-refractivity contribution < 1.29 is 4.79 Å². The van der Waals surface area contributed by atoms with E-state index >= 15 is 0 Å². The maximum atomic E-state index is 12.3. The van der Waals surface area contributed by atoms with Gasteiger partial charge in [0, 0.05) is 21.4 Å². The standard InChI is InChI=1S/C16H18ClNOS/c1-10-7-11(5-6-12(10)17)13(19)8-15-18-14(9-20-15)16(2,3)4/h5-7,9H,8H2,1-4H3. The zero-order valence-corrected chi connectivity index (χ0v) is 13.7. The van der Waals surface area contributed by atoms with Gasteiger partial charge in [-0.2, -0.15) is 0 Å². The first kappa shape index (κ1) is 15.2. The Hall–Kier alpha value is -1.19. The lowest BCUT2D eigenvalue weighted by Crippen LogP contribution is -2.12. The quantitative estimate of drug-likeness (QED) is 0.760. The molecule has 0 amide bonds. The molecule has 0 fully saturated rings. The molecule has 0 bridgehead atoms. The molecule has 0 saturated carbocycles. The van der Waals surface area contributed by atoms with E-state index in [1.165, 1.54) is 0 Å². The van der Waals surface area contributed by atoms with Crippen LogP contribution in [0.2, 0.25) is 5.02 Å². The number of carbonyl (C=O) groups excluding carboxylic acids is 1. The van der Waals surface area contributed by atoms with Crippen molar-refractivity contribution in [2.45, 2.75) is 39.5 Å². The number of thiazole rings is 1. The van der Waals surface area contributed by atoms with E-state index in [1.54, 1.807) is 23.5 Å². The minimum atomic E-state index is 0.0225. The number of carbonyl (C=O) groups is 1. The Labute approximate surface area is 128 Å². The molecule has 0 N–H and O–H groups in total. The van der Waals surface area contributed by atoms with Crippen LogP contribution in [0.5, 0.6) is 0 Å². The van der Waals surface area contributed by atoms with Crippen LogP contribution in [-0.4, -0.2) is 10.8 Å². The number of ketones is 1. The van der Waals surface area contributed by atoms with Crippen molar-refractivity contribution >= 4 is 28.7 Å². The van der Waals surface area contributed by atoms with Crippen LogP contribution < -0.4 is 0 Å². The van der Waals surface area contributed by atoms with Crippen molar-refractivity contribution in [2.75, 3.05) is 0 Å². The molecular formula is C16H18ClNOS. The van der Waals surface area contributed by atoms with E-state index in [9.17, 15) is 4.79 Å². The second kappa shape index (κ2) is 5.66. The van der Waals surface area contributed by atoms with Crippen LogP contribution in [0.15, 0.2) is 23.6 Å². The van der Waals surface area contributed by atoms with Crippen molar-refractivity contribution in [3.05, 3.63) is 50.4 Å². The number of benzene rings is 1. The minimum absolute atomic E-state index is 0.0225. The highest BCUT2D eigenvalue weighted by Gasteiger charge is 2.18. The van der Waals surface area contributed by atoms with Gasteiger partial charge in [-0.05, 0) is 30.7 Å². The molecule has 0 aliphatic carbocycles. The summed E-state index contributed by atoms with van der Waals surface area (Å²) in [5.41, 5.74) is 2.68. The molecule has 2 aromatic rings. The molecule has 0 aliphatic rings. The van der Waals surface area contributed by atoms with Gasteiger partial charge < -0.3 is 0 Å². The summed E-state index contributed by atoms with van der Waals surface area (Å²) in [6.45, 7) is 8.27. The average Bonchev–Trinajstić information content (AvgIpc) is 2.81. The third-order valence-corrected chi connectivity index (χ3v) is 4.38. The fourth-order valence-corrected chi connectivity index (χ4v) is 2.93. The largest absolute Gasteiger partial charge is 0.294 e. The SMILES string of the molecule is Cc1cc(C(=O)Cc2nc(C(C)(C)C)cs2)ccc1Cl. The maximum absolute atomic E-state index is 12.3. The highest BCUT2D eigenvalue weighted by molar-refractivity contribution is 7.09. The average molecular weight is 308 g/mol. The van der Waals surface area contributed by atoms with Gasteiger partial charge in [0.2, 0.25) is 0 Å². The molecule has 0 aliphatic heterocycles. The van der Waals surface area contributed by atoms with E-state index < -0.39 is 0 Å². The van der Waals surface area contributed by atoms with Crippen LogP contribution in [-0.2, 0) is 11.8 Å². The number of rotatable bonds is 3. The van der Waals surface area contributed by atoms with E-state index in [4.69, 9.17) is 11.6 Å². The minimum Gasteiger partial charge on any atom is -0.294 e. The van der Waals surface area contributed by atoms with Crippen molar-refractivity contribution in [2.24, 2.45) is 0 Å². The number of hydrogen-bond donors (Lipinski definition) is 0. The summed E-state index contributed by atoms with van der Waals surface area (Å²) in [5.74, 6) is 0.0829. The number of aromatic nitrogens is 1. The van der Waals surface area contributed by atoms with Crippen LogP contribution >= 0.6 is 22.9 Å². The Morgan fingerprint density at radius 1 is 1.35 bits per heavy atom. The van der Waals surface area contributed by atoms with E-state index in [0.717, 1.165) is 16.3 Å². The Bertz CT molecular complexity index is 640. The first-order chi connectivity index (χ1) is 9.27. The highest BCUT2D eigenvalue weighted by Crippen LogP contribution is 2.25. The first-order valence-electron chi connectivity index (χ1n) is 6.51. The summed E-state index contributed by atoms with van der Waals surface area (Å²) in [4.78, 5) is 16.8. The van der Waals surface area contributed by atoms with Crippen LogP contribution in [0, 0.1) is 6.92 Å². The lowest BCUT2D eigenvalue weighted by Gasteiger charge is -2.14. The van der Waals surface area contributed by atoms with Gasteiger partial charge in [-0.15, -0.1) is 11.3 Å². The number of nitrogens with zero attached hydrogens (tertiary/aromatic N) is 1. The first-order valence-corrected chi connectivity index (χ1v) is 7.77. The molecule has 1 aromatic heterocycles. The summed E-state index contributed by atoms with van der Waals surface area (Å²) in [7, 11) is 0. The van der Waals surface area contributed by atoms with Crippen LogP contribution in [0.4, 0.5) is 0 Å². The highest BCUT2D eigenvalue weighted by atomic mass is 35.5. The fraction of sp³-hybridized carbons (Fsp3) is 0.375. The Balaban J connectivity index is 2.15. The summed E-state index contributed by atoms with van der Waals surface area (Å²) < 4.78 is 0. The third kappa shape index (κ3) is 3.47. The predicted molar refractivity (Wildman–Crippen MR) is 85.0 cm³/mol. The lowest BCUT2D eigenvalue weighted by molar-refractivity contribution is 0.0992. The number of hydrogen-bond acceptors (Lipinski definition) is 3. The molecule has 0 radical (unpaired) electrons. The van der Waals surface area contributed by atoms with Gasteiger partial charge in [0.1, 0.15) is 5.01 Å². The maximum Gasteiger partial charge on any atom is 0.169 e. The zero-order valence-electron chi connectivity index (χ0n) is 12.2. The van der Waals surface area contributed by atoms with Gasteiger partial charge >= 0.3 is 0 Å². The normalized spacial score (nSPS) is 11.7. The number of aryl methyl sites for hydroxylation is 1. The van der Waals surface area contributed by atoms with Crippen LogP contribution in [0.1, 0.15) is 47.4 Å². The number of halogens is 1. The fourth-order valence-electron chi connectivity index (χ4n) is 1.79.